The lowest BCUT2D eigenvalue weighted by atomic mass is 9.97. The minimum atomic E-state index is -5.08. The maximum Gasteiger partial charge on any atom is 0.490 e. The van der Waals surface area contributed by atoms with Gasteiger partial charge in [-0.15, -0.1) is 0 Å². The van der Waals surface area contributed by atoms with E-state index in [0.29, 0.717) is 28.9 Å². The number of urea groups is 1. The number of likely N-dealkylation sites (tertiary alicyclic amines) is 1. The Labute approximate surface area is 273 Å². The molecular weight excluding hydrogens is 641 g/mol. The second kappa shape index (κ2) is 14.9. The second-order valence-electron chi connectivity index (χ2n) is 11.5. The number of anilines is 3. The minimum absolute atomic E-state index is 0.0461. The van der Waals surface area contributed by atoms with Crippen molar-refractivity contribution in [3.8, 4) is 11.3 Å². The average Bonchev–Trinajstić information content (AvgIpc) is 3.48. The monoisotopic (exact) mass is 677 g/mol. The molecule has 258 valence electrons. The number of alkyl halides is 3. The Morgan fingerprint density at radius 1 is 1.12 bits per heavy atom. The van der Waals surface area contributed by atoms with Gasteiger partial charge in [0.15, 0.2) is 5.82 Å². The van der Waals surface area contributed by atoms with E-state index >= 15 is 8.78 Å². The van der Waals surface area contributed by atoms with E-state index in [0.717, 1.165) is 48.5 Å². The molecule has 48 heavy (non-hydrogen) atoms. The lowest BCUT2D eigenvalue weighted by Gasteiger charge is -2.31. The molecule has 5 rings (SSSR count). The van der Waals surface area contributed by atoms with E-state index in [-0.39, 0.29) is 36.3 Å². The summed E-state index contributed by atoms with van der Waals surface area (Å²) in [6, 6.07) is 8.30. The van der Waals surface area contributed by atoms with Gasteiger partial charge in [-0.2, -0.15) is 18.2 Å². The molecule has 0 bridgehead atoms. The highest BCUT2D eigenvalue weighted by atomic mass is 19.4. The summed E-state index contributed by atoms with van der Waals surface area (Å²) in [7, 11) is 0. The van der Waals surface area contributed by atoms with Gasteiger partial charge >= 0.3 is 18.2 Å². The van der Waals surface area contributed by atoms with Crippen LogP contribution in [-0.4, -0.2) is 75.8 Å². The Morgan fingerprint density at radius 2 is 1.79 bits per heavy atom. The van der Waals surface area contributed by atoms with Crippen LogP contribution in [-0.2, 0) is 11.3 Å². The first kappa shape index (κ1) is 36.0. The van der Waals surface area contributed by atoms with Crippen LogP contribution in [0.15, 0.2) is 36.4 Å². The number of hydrogen-bond donors (Lipinski definition) is 4. The highest BCUT2D eigenvalue weighted by Gasteiger charge is 2.38. The molecule has 2 aromatic carbocycles. The van der Waals surface area contributed by atoms with Gasteiger partial charge in [0, 0.05) is 35.3 Å². The van der Waals surface area contributed by atoms with Gasteiger partial charge in [0.2, 0.25) is 5.95 Å². The normalized spacial score (nSPS) is 16.2. The van der Waals surface area contributed by atoms with Crippen molar-refractivity contribution in [2.24, 2.45) is 0 Å². The van der Waals surface area contributed by atoms with Crippen molar-refractivity contribution in [3.05, 3.63) is 64.7 Å². The van der Waals surface area contributed by atoms with Crippen LogP contribution in [0.5, 0.6) is 0 Å². The summed E-state index contributed by atoms with van der Waals surface area (Å²) in [4.78, 5) is 47.7. The molecule has 3 heterocycles. The number of aliphatic carboxylic acids is 1. The standard InChI is InChI=1S/C30H35F2N7O2.C2HF3O2/c1-5-38-13-7-8-20(38)15-33-29-36-25(21-14-19(12-11-18(21)4)28(40)35-17(2)3)22-16-34-30(41)39(27(22)37-29)26-23(31)9-6-10-24(26)32;3-2(4,5)1(6)7/h6,9-12,14,17,20H,5,7-8,13,15-16H2,1-4H3,(H,34,41)(H,35,40)(H,33,36,37);(H,6,7)/t20-;/m0./s1. The van der Waals surface area contributed by atoms with Crippen LogP contribution in [0.25, 0.3) is 11.3 Å². The number of carbonyl (C=O) groups excluding carboxylic acids is 2. The summed E-state index contributed by atoms with van der Waals surface area (Å²) in [6.45, 7) is 10.3. The zero-order valence-corrected chi connectivity index (χ0v) is 26.7. The number of carbonyl (C=O) groups is 3. The van der Waals surface area contributed by atoms with Crippen LogP contribution in [0.3, 0.4) is 0 Å². The number of aryl methyl sites for hydroxylation is 1. The zero-order chi connectivity index (χ0) is 35.3. The van der Waals surface area contributed by atoms with E-state index in [2.05, 4.69) is 32.8 Å². The molecule has 0 aliphatic carbocycles. The number of aromatic nitrogens is 2. The summed E-state index contributed by atoms with van der Waals surface area (Å²) in [5.41, 5.74) is 2.38. The Hall–Kier alpha value is -4.86. The Morgan fingerprint density at radius 3 is 2.40 bits per heavy atom. The number of carboxylic acid groups (broad SMARTS) is 1. The van der Waals surface area contributed by atoms with E-state index in [1.807, 2.05) is 26.8 Å². The van der Waals surface area contributed by atoms with Crippen molar-refractivity contribution in [2.75, 3.05) is 29.9 Å². The summed E-state index contributed by atoms with van der Waals surface area (Å²) in [6.07, 6.45) is -2.96. The number of carboxylic acids is 1. The molecule has 11 nitrogen and oxygen atoms in total. The van der Waals surface area contributed by atoms with Gasteiger partial charge in [-0.25, -0.2) is 28.3 Å². The van der Waals surface area contributed by atoms with Gasteiger partial charge in [-0.1, -0.05) is 19.1 Å². The number of likely N-dealkylation sites (N-methyl/N-ethyl adjacent to an activating group) is 1. The van der Waals surface area contributed by atoms with Crippen molar-refractivity contribution in [1.82, 2.24) is 25.5 Å². The largest absolute Gasteiger partial charge is 0.490 e. The molecule has 0 spiro atoms. The Bertz CT molecular complexity index is 1660. The highest BCUT2D eigenvalue weighted by molar-refractivity contribution is 6.02. The van der Waals surface area contributed by atoms with Crippen LogP contribution < -0.4 is 20.9 Å². The maximum absolute atomic E-state index is 15.0. The van der Waals surface area contributed by atoms with Crippen molar-refractivity contribution >= 4 is 35.4 Å². The van der Waals surface area contributed by atoms with Crippen molar-refractivity contribution in [1.29, 1.82) is 0 Å². The van der Waals surface area contributed by atoms with Gasteiger partial charge in [-0.3, -0.25) is 9.69 Å². The van der Waals surface area contributed by atoms with Crippen molar-refractivity contribution in [3.63, 3.8) is 0 Å². The number of fused-ring (bicyclic) bond motifs is 1. The number of benzene rings is 2. The van der Waals surface area contributed by atoms with Crippen LogP contribution >= 0.6 is 0 Å². The van der Waals surface area contributed by atoms with Crippen LogP contribution in [0.4, 0.5) is 44.2 Å². The molecule has 0 unspecified atom stereocenters. The molecule has 1 atom stereocenters. The fourth-order valence-electron chi connectivity index (χ4n) is 5.49. The molecule has 2 aliphatic rings. The van der Waals surface area contributed by atoms with Crippen LogP contribution in [0, 0.1) is 18.6 Å². The molecule has 3 aromatic rings. The van der Waals surface area contributed by atoms with Gasteiger partial charge in [-0.05, 0) is 76.5 Å². The first-order valence-corrected chi connectivity index (χ1v) is 15.2. The van der Waals surface area contributed by atoms with Gasteiger partial charge in [0.1, 0.15) is 17.3 Å². The van der Waals surface area contributed by atoms with E-state index in [1.165, 1.54) is 6.07 Å². The lowest BCUT2D eigenvalue weighted by molar-refractivity contribution is -0.192. The molecule has 3 amide bonds. The topological polar surface area (TPSA) is 140 Å². The predicted octanol–water partition coefficient (Wildman–Crippen LogP) is 5.76. The van der Waals surface area contributed by atoms with E-state index in [1.54, 1.807) is 12.1 Å². The minimum Gasteiger partial charge on any atom is -0.475 e. The van der Waals surface area contributed by atoms with Crippen molar-refractivity contribution in [2.45, 2.75) is 65.3 Å². The number of hydrogen-bond acceptors (Lipinski definition) is 7. The zero-order valence-electron chi connectivity index (χ0n) is 26.7. The number of nitrogens with one attached hydrogen (secondary N) is 3. The van der Waals surface area contributed by atoms with Gasteiger partial charge in [0.25, 0.3) is 5.91 Å². The molecule has 1 fully saturated rings. The van der Waals surface area contributed by atoms with Gasteiger partial charge in [0.05, 0.1) is 12.2 Å². The number of amides is 3. The fourth-order valence-corrected chi connectivity index (χ4v) is 5.49. The number of para-hydroxylation sites is 1. The molecule has 0 saturated carbocycles. The Balaban J connectivity index is 0.000000671. The fraction of sp³-hybridized carbons (Fsp3) is 0.406. The first-order chi connectivity index (χ1) is 22.6. The lowest BCUT2D eigenvalue weighted by Crippen LogP contribution is -2.43. The molecule has 16 heteroatoms. The summed E-state index contributed by atoms with van der Waals surface area (Å²) >= 11 is 0. The third-order valence-electron chi connectivity index (χ3n) is 7.80. The summed E-state index contributed by atoms with van der Waals surface area (Å²) in [5.74, 6) is -4.46. The number of halogens is 5. The number of rotatable bonds is 8. The first-order valence-electron chi connectivity index (χ1n) is 15.2. The predicted molar refractivity (Wildman–Crippen MR) is 168 cm³/mol. The smallest absolute Gasteiger partial charge is 0.475 e. The highest BCUT2D eigenvalue weighted by Crippen LogP contribution is 2.39. The SMILES string of the molecule is CCN1CCC[C@H]1CNc1nc(-c2cc(C(=O)NC(C)C)ccc2C)c2c(n1)N(c1c(F)cccc1F)C(=O)NC2.O=C(O)C(F)(F)F. The van der Waals surface area contributed by atoms with E-state index in [4.69, 9.17) is 14.9 Å². The van der Waals surface area contributed by atoms with E-state index in [9.17, 15) is 22.8 Å². The van der Waals surface area contributed by atoms with Crippen LogP contribution in [0.2, 0.25) is 0 Å². The molecule has 0 radical (unpaired) electrons. The molecule has 1 saturated heterocycles. The average molecular weight is 678 g/mol. The third kappa shape index (κ3) is 8.16. The molecular formula is C32H36F5N7O4. The maximum atomic E-state index is 15.0. The van der Waals surface area contributed by atoms with E-state index < -0.39 is 35.5 Å². The van der Waals surface area contributed by atoms with Crippen LogP contribution in [0.1, 0.15) is 55.1 Å². The molecule has 4 N–H and O–H groups in total. The summed E-state index contributed by atoms with van der Waals surface area (Å²) in [5, 5.41) is 16.1. The third-order valence-corrected chi connectivity index (χ3v) is 7.80. The Kier molecular flexibility index (Phi) is 11.2. The molecule has 2 aliphatic heterocycles. The second-order valence-corrected chi connectivity index (χ2v) is 11.5. The molecule has 1 aromatic heterocycles. The van der Waals surface area contributed by atoms with Crippen molar-refractivity contribution < 1.29 is 41.4 Å². The number of nitrogens with zero attached hydrogens (tertiary/aromatic N) is 4. The quantitative estimate of drug-likeness (QED) is 0.221. The summed E-state index contributed by atoms with van der Waals surface area (Å²) < 4.78 is 61.7. The van der Waals surface area contributed by atoms with Gasteiger partial charge < -0.3 is 21.1 Å².